The molecule has 1 saturated carbocycles. The summed E-state index contributed by atoms with van der Waals surface area (Å²) >= 11 is 3.69. The second kappa shape index (κ2) is 6.35. The standard InChI is InChI=1S/C16H24BrNO2/c1-16(7-5-6-8-16)15(18-2)11-9-13(19-3)14(20-4)10-12(11)17/h9-10,15,18H,5-8H2,1-4H3. The van der Waals surface area contributed by atoms with Gasteiger partial charge in [-0.05, 0) is 43.0 Å². The molecule has 1 aromatic carbocycles. The minimum absolute atomic E-state index is 0.302. The molecule has 1 fully saturated rings. The molecule has 4 heteroatoms. The largest absolute Gasteiger partial charge is 0.493 e. The van der Waals surface area contributed by atoms with Crippen molar-refractivity contribution < 1.29 is 9.47 Å². The van der Waals surface area contributed by atoms with Crippen LogP contribution in [0.1, 0.15) is 44.2 Å². The zero-order valence-electron chi connectivity index (χ0n) is 12.8. The van der Waals surface area contributed by atoms with Crippen LogP contribution in [-0.2, 0) is 0 Å². The predicted molar refractivity (Wildman–Crippen MR) is 85.6 cm³/mol. The molecule has 1 aliphatic rings. The number of hydrogen-bond donors (Lipinski definition) is 1. The molecule has 0 aromatic heterocycles. The summed E-state index contributed by atoms with van der Waals surface area (Å²) in [6, 6.07) is 4.41. The smallest absolute Gasteiger partial charge is 0.161 e. The number of nitrogens with one attached hydrogen (secondary N) is 1. The van der Waals surface area contributed by atoms with Crippen LogP contribution in [0.4, 0.5) is 0 Å². The van der Waals surface area contributed by atoms with Crippen LogP contribution >= 0.6 is 15.9 Å². The topological polar surface area (TPSA) is 30.5 Å². The van der Waals surface area contributed by atoms with Gasteiger partial charge < -0.3 is 14.8 Å². The summed E-state index contributed by atoms with van der Waals surface area (Å²) < 4.78 is 11.9. The Balaban J connectivity index is 2.44. The Morgan fingerprint density at radius 3 is 2.20 bits per heavy atom. The normalized spacial score (nSPS) is 18.9. The Hall–Kier alpha value is -0.740. The van der Waals surface area contributed by atoms with Gasteiger partial charge in [-0.15, -0.1) is 0 Å². The second-order valence-corrected chi connectivity index (χ2v) is 6.67. The Labute approximate surface area is 130 Å². The molecule has 1 aliphatic carbocycles. The van der Waals surface area contributed by atoms with E-state index in [2.05, 4.69) is 34.2 Å². The van der Waals surface area contributed by atoms with Crippen LogP contribution in [0.15, 0.2) is 16.6 Å². The molecule has 0 amide bonds. The van der Waals surface area contributed by atoms with Crippen molar-refractivity contribution >= 4 is 15.9 Å². The van der Waals surface area contributed by atoms with Crippen LogP contribution in [0.5, 0.6) is 11.5 Å². The first-order valence-electron chi connectivity index (χ1n) is 7.14. The molecule has 2 rings (SSSR count). The van der Waals surface area contributed by atoms with Crippen LogP contribution in [-0.4, -0.2) is 21.3 Å². The summed E-state index contributed by atoms with van der Waals surface area (Å²) in [4.78, 5) is 0. The highest BCUT2D eigenvalue weighted by Crippen LogP contribution is 2.49. The van der Waals surface area contributed by atoms with E-state index in [9.17, 15) is 0 Å². The van der Waals surface area contributed by atoms with E-state index in [1.165, 1.54) is 31.2 Å². The van der Waals surface area contributed by atoms with Crippen molar-refractivity contribution in [2.24, 2.45) is 5.41 Å². The van der Waals surface area contributed by atoms with Crippen molar-refractivity contribution in [3.8, 4) is 11.5 Å². The fourth-order valence-corrected chi connectivity index (χ4v) is 3.99. The lowest BCUT2D eigenvalue weighted by molar-refractivity contribution is 0.232. The zero-order chi connectivity index (χ0) is 14.8. The van der Waals surface area contributed by atoms with Gasteiger partial charge in [0, 0.05) is 10.5 Å². The molecule has 112 valence electrons. The van der Waals surface area contributed by atoms with Crippen LogP contribution in [0.25, 0.3) is 0 Å². The molecule has 0 spiro atoms. The van der Waals surface area contributed by atoms with Gasteiger partial charge in [-0.1, -0.05) is 35.7 Å². The number of benzene rings is 1. The molecule has 0 saturated heterocycles. The first-order chi connectivity index (χ1) is 9.55. The van der Waals surface area contributed by atoms with Gasteiger partial charge in [0.2, 0.25) is 0 Å². The van der Waals surface area contributed by atoms with Gasteiger partial charge in [-0.25, -0.2) is 0 Å². The minimum Gasteiger partial charge on any atom is -0.493 e. The molecule has 0 heterocycles. The summed E-state index contributed by atoms with van der Waals surface area (Å²) in [6.07, 6.45) is 5.16. The van der Waals surface area contributed by atoms with E-state index in [1.54, 1.807) is 14.2 Å². The molecule has 3 nitrogen and oxygen atoms in total. The first kappa shape index (κ1) is 15.6. The van der Waals surface area contributed by atoms with Gasteiger partial charge in [-0.2, -0.15) is 0 Å². The van der Waals surface area contributed by atoms with Crippen molar-refractivity contribution in [2.45, 2.75) is 38.6 Å². The van der Waals surface area contributed by atoms with Gasteiger partial charge in [0.05, 0.1) is 14.2 Å². The van der Waals surface area contributed by atoms with E-state index in [4.69, 9.17) is 9.47 Å². The third-order valence-corrected chi connectivity index (χ3v) is 5.23. The maximum atomic E-state index is 5.45. The lowest BCUT2D eigenvalue weighted by Gasteiger charge is -2.35. The monoisotopic (exact) mass is 341 g/mol. The number of ether oxygens (including phenoxy) is 2. The summed E-state index contributed by atoms with van der Waals surface area (Å²) in [5.74, 6) is 1.54. The third-order valence-electron chi connectivity index (χ3n) is 4.55. The second-order valence-electron chi connectivity index (χ2n) is 5.81. The summed E-state index contributed by atoms with van der Waals surface area (Å²) in [5.41, 5.74) is 1.55. The molecule has 1 N–H and O–H groups in total. The lowest BCUT2D eigenvalue weighted by Crippen LogP contribution is -2.32. The Bertz CT molecular complexity index is 470. The first-order valence-corrected chi connectivity index (χ1v) is 7.93. The fourth-order valence-electron chi connectivity index (χ4n) is 3.44. The molecule has 1 aromatic rings. The van der Waals surface area contributed by atoms with E-state index in [0.29, 0.717) is 11.5 Å². The average molecular weight is 342 g/mol. The SMILES string of the molecule is CNC(c1cc(OC)c(OC)cc1Br)C1(C)CCCC1. The number of rotatable bonds is 5. The maximum Gasteiger partial charge on any atom is 0.161 e. The van der Waals surface area contributed by atoms with Gasteiger partial charge >= 0.3 is 0 Å². The quantitative estimate of drug-likeness (QED) is 0.865. The molecule has 0 bridgehead atoms. The lowest BCUT2D eigenvalue weighted by atomic mass is 9.77. The Kier molecular flexibility index (Phi) is 4.97. The van der Waals surface area contributed by atoms with Crippen LogP contribution in [0.2, 0.25) is 0 Å². The highest BCUT2D eigenvalue weighted by molar-refractivity contribution is 9.10. The highest BCUT2D eigenvalue weighted by atomic mass is 79.9. The van der Waals surface area contributed by atoms with Gasteiger partial charge in [0.25, 0.3) is 0 Å². The van der Waals surface area contributed by atoms with E-state index in [-0.39, 0.29) is 0 Å². The molecule has 20 heavy (non-hydrogen) atoms. The molecule has 1 unspecified atom stereocenters. The average Bonchev–Trinajstić information content (AvgIpc) is 2.88. The highest BCUT2D eigenvalue weighted by Gasteiger charge is 2.38. The van der Waals surface area contributed by atoms with Crippen molar-refractivity contribution in [2.75, 3.05) is 21.3 Å². The van der Waals surface area contributed by atoms with Gasteiger partial charge in [0.15, 0.2) is 11.5 Å². The van der Waals surface area contributed by atoms with Crippen molar-refractivity contribution in [1.82, 2.24) is 5.32 Å². The summed E-state index contributed by atoms with van der Waals surface area (Å²) in [7, 11) is 5.39. The van der Waals surface area contributed by atoms with E-state index >= 15 is 0 Å². The number of halogens is 1. The molecule has 0 aliphatic heterocycles. The molecular weight excluding hydrogens is 318 g/mol. The number of methoxy groups -OCH3 is 2. The Morgan fingerprint density at radius 2 is 1.70 bits per heavy atom. The fraction of sp³-hybridized carbons (Fsp3) is 0.625. The van der Waals surface area contributed by atoms with E-state index < -0.39 is 0 Å². The number of hydrogen-bond acceptors (Lipinski definition) is 3. The van der Waals surface area contributed by atoms with Crippen molar-refractivity contribution in [3.63, 3.8) is 0 Å². The van der Waals surface area contributed by atoms with Crippen molar-refractivity contribution in [3.05, 3.63) is 22.2 Å². The van der Waals surface area contributed by atoms with E-state index in [0.717, 1.165) is 16.0 Å². The van der Waals surface area contributed by atoms with Crippen LogP contribution < -0.4 is 14.8 Å². The van der Waals surface area contributed by atoms with Gasteiger partial charge in [-0.3, -0.25) is 0 Å². The predicted octanol–water partition coefficient (Wildman–Crippen LogP) is 4.31. The summed E-state index contributed by atoms with van der Waals surface area (Å²) in [5, 5.41) is 3.50. The zero-order valence-corrected chi connectivity index (χ0v) is 14.3. The molecule has 1 atom stereocenters. The minimum atomic E-state index is 0.302. The van der Waals surface area contributed by atoms with Crippen LogP contribution in [0, 0.1) is 5.41 Å². The van der Waals surface area contributed by atoms with Crippen molar-refractivity contribution in [1.29, 1.82) is 0 Å². The van der Waals surface area contributed by atoms with Crippen LogP contribution in [0.3, 0.4) is 0 Å². The maximum absolute atomic E-state index is 5.45. The Morgan fingerprint density at radius 1 is 1.15 bits per heavy atom. The third kappa shape index (κ3) is 2.82. The molecular formula is C16H24BrNO2. The van der Waals surface area contributed by atoms with Gasteiger partial charge in [0.1, 0.15) is 0 Å². The summed E-state index contributed by atoms with van der Waals surface area (Å²) in [6.45, 7) is 2.38. The molecule has 0 radical (unpaired) electrons. The van der Waals surface area contributed by atoms with E-state index in [1.807, 2.05) is 13.1 Å².